The van der Waals surface area contributed by atoms with Crippen molar-refractivity contribution in [3.63, 3.8) is 0 Å². The lowest BCUT2D eigenvalue weighted by molar-refractivity contribution is -0.135. The molecule has 0 aromatic heterocycles. The predicted octanol–water partition coefficient (Wildman–Crippen LogP) is 2.02. The minimum absolute atomic E-state index is 0.117. The first-order valence-electron chi connectivity index (χ1n) is 8.32. The number of nitrogens with zero attached hydrogens (tertiary/aromatic N) is 2. The van der Waals surface area contributed by atoms with Gasteiger partial charge in [-0.3, -0.25) is 14.5 Å². The standard InChI is InChI=1S/C18H19BrN4O3/c1-17(10-20,11-6-7-11)21-14(24)9-23-15(25)18(2,22-16(23)26)12-4-3-5-13(19)8-12/h3-5,8,11H,6-7,9H2,1-2H3,(H,21,24)(H,22,26). The van der Waals surface area contributed by atoms with Gasteiger partial charge in [0.1, 0.15) is 17.6 Å². The Morgan fingerprint density at radius 1 is 1.50 bits per heavy atom. The minimum atomic E-state index is -1.24. The molecule has 7 nitrogen and oxygen atoms in total. The third-order valence-electron chi connectivity index (χ3n) is 5.00. The maximum atomic E-state index is 12.8. The molecule has 8 heteroatoms. The molecule has 136 valence electrons. The van der Waals surface area contributed by atoms with Gasteiger partial charge in [-0.2, -0.15) is 5.26 Å². The second kappa shape index (κ2) is 6.40. The van der Waals surface area contributed by atoms with Crippen molar-refractivity contribution >= 4 is 33.8 Å². The van der Waals surface area contributed by atoms with Crippen LogP contribution in [0.3, 0.4) is 0 Å². The van der Waals surface area contributed by atoms with E-state index >= 15 is 0 Å². The molecule has 1 aromatic rings. The Morgan fingerprint density at radius 2 is 2.19 bits per heavy atom. The van der Waals surface area contributed by atoms with E-state index in [-0.39, 0.29) is 5.92 Å². The van der Waals surface area contributed by atoms with Crippen LogP contribution in [0.1, 0.15) is 32.3 Å². The molecule has 1 aromatic carbocycles. The summed E-state index contributed by atoms with van der Waals surface area (Å²) in [5.74, 6) is -0.907. The third kappa shape index (κ3) is 3.19. The van der Waals surface area contributed by atoms with E-state index in [0.29, 0.717) is 5.56 Å². The molecule has 2 aliphatic rings. The van der Waals surface area contributed by atoms with Crippen LogP contribution in [0.15, 0.2) is 28.7 Å². The first kappa shape index (κ1) is 18.4. The molecule has 0 radical (unpaired) electrons. The molecule has 0 spiro atoms. The van der Waals surface area contributed by atoms with Crippen LogP contribution in [0.2, 0.25) is 0 Å². The van der Waals surface area contributed by atoms with Crippen LogP contribution in [-0.4, -0.2) is 34.8 Å². The molecule has 2 N–H and O–H groups in total. The Morgan fingerprint density at radius 3 is 2.77 bits per heavy atom. The zero-order valence-electron chi connectivity index (χ0n) is 14.5. The average Bonchev–Trinajstić information content (AvgIpc) is 3.41. The number of urea groups is 1. The molecule has 2 atom stereocenters. The fourth-order valence-corrected chi connectivity index (χ4v) is 3.59. The molecule has 2 unspecified atom stereocenters. The molecule has 26 heavy (non-hydrogen) atoms. The lowest BCUT2D eigenvalue weighted by atomic mass is 9.92. The molecular weight excluding hydrogens is 400 g/mol. The Balaban J connectivity index is 1.75. The molecule has 0 bridgehead atoms. The zero-order valence-corrected chi connectivity index (χ0v) is 16.1. The maximum absolute atomic E-state index is 12.8. The summed E-state index contributed by atoms with van der Waals surface area (Å²) in [4.78, 5) is 38.4. The van der Waals surface area contributed by atoms with E-state index in [0.717, 1.165) is 22.2 Å². The summed E-state index contributed by atoms with van der Waals surface area (Å²) in [5.41, 5.74) is -1.59. The maximum Gasteiger partial charge on any atom is 0.325 e. The number of nitriles is 1. The Kier molecular flexibility index (Phi) is 4.53. The number of hydrogen-bond acceptors (Lipinski definition) is 4. The van der Waals surface area contributed by atoms with Gasteiger partial charge in [-0.05, 0) is 50.3 Å². The number of carbonyl (C=O) groups excluding carboxylic acids is 3. The van der Waals surface area contributed by atoms with Crippen LogP contribution in [0.25, 0.3) is 0 Å². The third-order valence-corrected chi connectivity index (χ3v) is 5.50. The molecule has 1 heterocycles. The van der Waals surface area contributed by atoms with Crippen molar-refractivity contribution in [2.75, 3.05) is 6.54 Å². The molecule has 1 aliphatic carbocycles. The van der Waals surface area contributed by atoms with E-state index in [1.807, 2.05) is 6.07 Å². The second-order valence-electron chi connectivity index (χ2n) is 7.09. The number of imide groups is 1. The van der Waals surface area contributed by atoms with Gasteiger partial charge in [0.15, 0.2) is 0 Å². The summed E-state index contributed by atoms with van der Waals surface area (Å²) in [6.45, 7) is 2.86. The van der Waals surface area contributed by atoms with Crippen LogP contribution in [-0.2, 0) is 15.1 Å². The Labute approximate surface area is 159 Å². The van der Waals surface area contributed by atoms with Gasteiger partial charge in [0.25, 0.3) is 5.91 Å². The predicted molar refractivity (Wildman–Crippen MR) is 96.6 cm³/mol. The highest BCUT2D eigenvalue weighted by Gasteiger charge is 2.50. The number of nitrogens with one attached hydrogen (secondary N) is 2. The van der Waals surface area contributed by atoms with Crippen LogP contribution < -0.4 is 10.6 Å². The minimum Gasteiger partial charge on any atom is -0.336 e. The molecule has 2 fully saturated rings. The van der Waals surface area contributed by atoms with Gasteiger partial charge in [0.2, 0.25) is 5.91 Å². The number of halogens is 1. The number of carbonyl (C=O) groups is 3. The first-order valence-corrected chi connectivity index (χ1v) is 9.11. The lowest BCUT2D eigenvalue weighted by Crippen LogP contribution is -2.51. The number of benzene rings is 1. The van der Waals surface area contributed by atoms with Gasteiger partial charge >= 0.3 is 6.03 Å². The molecular formula is C18H19BrN4O3. The van der Waals surface area contributed by atoms with Crippen molar-refractivity contribution in [3.8, 4) is 6.07 Å². The normalized spacial score (nSPS) is 24.6. The van der Waals surface area contributed by atoms with E-state index in [4.69, 9.17) is 0 Å². The van der Waals surface area contributed by atoms with E-state index in [1.54, 1.807) is 32.0 Å². The highest BCUT2D eigenvalue weighted by atomic mass is 79.9. The van der Waals surface area contributed by atoms with Crippen molar-refractivity contribution < 1.29 is 14.4 Å². The summed E-state index contributed by atoms with van der Waals surface area (Å²) in [6, 6.07) is 8.58. The van der Waals surface area contributed by atoms with Gasteiger partial charge in [-0.15, -0.1) is 0 Å². The van der Waals surface area contributed by atoms with E-state index in [1.165, 1.54) is 0 Å². The van der Waals surface area contributed by atoms with E-state index in [2.05, 4.69) is 32.6 Å². The summed E-state index contributed by atoms with van der Waals surface area (Å²) in [6.07, 6.45) is 1.77. The summed E-state index contributed by atoms with van der Waals surface area (Å²) >= 11 is 3.35. The highest BCUT2D eigenvalue weighted by molar-refractivity contribution is 9.10. The van der Waals surface area contributed by atoms with E-state index in [9.17, 15) is 19.6 Å². The van der Waals surface area contributed by atoms with Gasteiger partial charge in [-0.25, -0.2) is 4.79 Å². The Bertz CT molecular complexity index is 832. The number of hydrogen-bond donors (Lipinski definition) is 2. The number of rotatable bonds is 5. The monoisotopic (exact) mass is 418 g/mol. The molecule has 1 saturated heterocycles. The second-order valence-corrected chi connectivity index (χ2v) is 8.01. The van der Waals surface area contributed by atoms with Gasteiger partial charge < -0.3 is 10.6 Å². The van der Waals surface area contributed by atoms with Crippen molar-refractivity contribution in [2.45, 2.75) is 37.8 Å². The van der Waals surface area contributed by atoms with Crippen molar-refractivity contribution in [3.05, 3.63) is 34.3 Å². The summed E-state index contributed by atoms with van der Waals surface area (Å²) < 4.78 is 0.781. The van der Waals surface area contributed by atoms with E-state index < -0.39 is 35.5 Å². The quantitative estimate of drug-likeness (QED) is 0.713. The topological polar surface area (TPSA) is 102 Å². The average molecular weight is 419 g/mol. The van der Waals surface area contributed by atoms with Crippen molar-refractivity contribution in [1.82, 2.24) is 15.5 Å². The van der Waals surface area contributed by atoms with Crippen LogP contribution in [0.4, 0.5) is 4.79 Å². The smallest absolute Gasteiger partial charge is 0.325 e. The zero-order chi connectivity index (χ0) is 19.1. The molecule has 3 rings (SSSR count). The van der Waals surface area contributed by atoms with Gasteiger partial charge in [0, 0.05) is 4.47 Å². The SMILES string of the molecule is CC1(c2cccc(Br)c2)NC(=O)N(CC(=O)NC(C)(C#N)C2CC2)C1=O. The Hall–Kier alpha value is -2.40. The summed E-state index contributed by atoms with van der Waals surface area (Å²) in [7, 11) is 0. The van der Waals surface area contributed by atoms with Crippen LogP contribution in [0, 0.1) is 17.2 Å². The van der Waals surface area contributed by atoms with Gasteiger partial charge in [0.05, 0.1) is 6.07 Å². The largest absolute Gasteiger partial charge is 0.336 e. The van der Waals surface area contributed by atoms with Crippen LogP contribution >= 0.6 is 15.9 Å². The molecule has 1 saturated carbocycles. The molecule has 4 amide bonds. The number of amides is 4. The fourth-order valence-electron chi connectivity index (χ4n) is 3.19. The summed E-state index contributed by atoms with van der Waals surface area (Å²) in [5, 5.41) is 14.7. The van der Waals surface area contributed by atoms with Crippen LogP contribution in [0.5, 0.6) is 0 Å². The van der Waals surface area contributed by atoms with Gasteiger partial charge in [-0.1, -0.05) is 28.1 Å². The van der Waals surface area contributed by atoms with Crippen molar-refractivity contribution in [1.29, 1.82) is 5.26 Å². The molecule has 1 aliphatic heterocycles. The fraction of sp³-hybridized carbons (Fsp3) is 0.444. The first-order chi connectivity index (χ1) is 12.2. The van der Waals surface area contributed by atoms with Crippen molar-refractivity contribution in [2.24, 2.45) is 5.92 Å². The highest BCUT2D eigenvalue weighted by Crippen LogP contribution is 2.39. The lowest BCUT2D eigenvalue weighted by Gasteiger charge is -2.25.